The molecule has 0 spiro atoms. The summed E-state index contributed by atoms with van der Waals surface area (Å²) in [6.45, 7) is 0.771. The number of hydrogen-bond donors (Lipinski definition) is 2. The molecule has 1 saturated carbocycles. The molecule has 2 atom stereocenters. The highest BCUT2D eigenvalue weighted by molar-refractivity contribution is 7.10. The first-order valence-electron chi connectivity index (χ1n) is 9.76. The van der Waals surface area contributed by atoms with Gasteiger partial charge in [0.25, 0.3) is 5.91 Å². The summed E-state index contributed by atoms with van der Waals surface area (Å²) in [5.74, 6) is -0.626. The summed E-state index contributed by atoms with van der Waals surface area (Å²) < 4.78 is 27.4. The van der Waals surface area contributed by atoms with Gasteiger partial charge in [0.15, 0.2) is 6.54 Å². The van der Waals surface area contributed by atoms with Crippen molar-refractivity contribution in [2.75, 3.05) is 6.54 Å². The Bertz CT molecular complexity index is 955. The molecule has 1 unspecified atom stereocenters. The maximum atomic E-state index is 14.1. The number of nitrogens with one attached hydrogen (secondary N) is 2. The summed E-state index contributed by atoms with van der Waals surface area (Å²) >= 11 is 1.55. The van der Waals surface area contributed by atoms with Gasteiger partial charge in [0, 0.05) is 23.3 Å². The lowest BCUT2D eigenvalue weighted by Crippen LogP contribution is -3.13. The number of quaternary nitrogens is 1. The van der Waals surface area contributed by atoms with Crippen molar-refractivity contribution in [3.05, 3.63) is 93.7 Å². The minimum atomic E-state index is -0.322. The summed E-state index contributed by atoms with van der Waals surface area (Å²) in [7, 11) is 0. The lowest BCUT2D eigenvalue weighted by Gasteiger charge is -2.22. The molecule has 0 bridgehead atoms. The van der Waals surface area contributed by atoms with E-state index in [0.717, 1.165) is 28.2 Å². The van der Waals surface area contributed by atoms with Gasteiger partial charge in [-0.05, 0) is 35.2 Å². The Kier molecular flexibility index (Phi) is 6.02. The molecule has 0 radical (unpaired) electrons. The fourth-order valence-corrected chi connectivity index (χ4v) is 4.38. The first kappa shape index (κ1) is 19.7. The van der Waals surface area contributed by atoms with E-state index in [4.69, 9.17) is 0 Å². The Morgan fingerprint density at radius 2 is 1.83 bits per heavy atom. The highest BCUT2D eigenvalue weighted by Crippen LogP contribution is 2.26. The molecule has 0 saturated heterocycles. The number of benzene rings is 2. The van der Waals surface area contributed by atoms with Crippen molar-refractivity contribution in [3.63, 3.8) is 0 Å². The summed E-state index contributed by atoms with van der Waals surface area (Å²) in [5, 5.41) is 5.06. The van der Waals surface area contributed by atoms with E-state index in [1.807, 2.05) is 23.6 Å². The van der Waals surface area contributed by atoms with Crippen LogP contribution < -0.4 is 10.2 Å². The van der Waals surface area contributed by atoms with Crippen LogP contribution >= 0.6 is 11.3 Å². The monoisotopic (exact) mass is 413 g/mol. The molecule has 29 heavy (non-hydrogen) atoms. The van der Waals surface area contributed by atoms with Crippen molar-refractivity contribution >= 4 is 17.2 Å². The second kappa shape index (κ2) is 8.84. The van der Waals surface area contributed by atoms with Crippen LogP contribution in [0.4, 0.5) is 8.78 Å². The lowest BCUT2D eigenvalue weighted by atomic mass is 10.1. The van der Waals surface area contributed by atoms with Crippen LogP contribution in [-0.2, 0) is 11.3 Å². The maximum absolute atomic E-state index is 14.1. The third-order valence-corrected chi connectivity index (χ3v) is 6.19. The van der Waals surface area contributed by atoms with E-state index < -0.39 is 0 Å². The van der Waals surface area contributed by atoms with Gasteiger partial charge in [-0.25, -0.2) is 8.78 Å². The second-order valence-corrected chi connectivity index (χ2v) is 8.42. The Morgan fingerprint density at radius 3 is 2.48 bits per heavy atom. The number of halogens is 2. The molecule has 2 N–H and O–H groups in total. The van der Waals surface area contributed by atoms with Crippen molar-refractivity contribution < 1.29 is 18.5 Å². The lowest BCUT2D eigenvalue weighted by molar-refractivity contribution is -0.917. The van der Waals surface area contributed by atoms with Crippen molar-refractivity contribution in [1.29, 1.82) is 0 Å². The molecule has 3 aromatic rings. The van der Waals surface area contributed by atoms with Gasteiger partial charge in [-0.1, -0.05) is 36.4 Å². The molecule has 1 aliphatic rings. The number of carbonyl (C=O) groups excluding carboxylic acids is 1. The normalized spacial score (nSPS) is 15.7. The van der Waals surface area contributed by atoms with E-state index in [-0.39, 0.29) is 30.1 Å². The average Bonchev–Trinajstić information content (AvgIpc) is 3.42. The molecule has 1 amide bonds. The van der Waals surface area contributed by atoms with E-state index in [1.54, 1.807) is 35.6 Å². The third kappa shape index (κ3) is 5.08. The average molecular weight is 414 g/mol. The summed E-state index contributed by atoms with van der Waals surface area (Å²) in [4.78, 5) is 15.0. The summed E-state index contributed by atoms with van der Waals surface area (Å²) in [6, 6.07) is 16.9. The van der Waals surface area contributed by atoms with Gasteiger partial charge in [0.2, 0.25) is 0 Å². The molecule has 4 rings (SSSR count). The zero-order valence-electron chi connectivity index (χ0n) is 15.9. The van der Waals surface area contributed by atoms with Crippen molar-refractivity contribution in [2.45, 2.75) is 31.5 Å². The molecule has 1 fully saturated rings. The molecular formula is C23H23F2N2OS+. The standard InChI is InChI=1S/C23H22F2N2OS/c24-18-9-7-16(8-10-18)23(21-6-3-13-29-21)26-22(28)15-27(19-11-12-19)14-17-4-1-2-5-20(17)25/h1-10,13,19,23H,11-12,14-15H2,(H,26,28)/p+1/t23-/m0/s1. The molecular weight excluding hydrogens is 390 g/mol. The van der Waals surface area contributed by atoms with Crippen LogP contribution in [0.1, 0.15) is 34.9 Å². The first-order valence-corrected chi connectivity index (χ1v) is 10.6. The van der Waals surface area contributed by atoms with Crippen LogP contribution in [0.2, 0.25) is 0 Å². The van der Waals surface area contributed by atoms with Gasteiger partial charge in [-0.2, -0.15) is 0 Å². The SMILES string of the molecule is O=C(C[NH+](Cc1ccccc1F)C1CC1)N[C@@H](c1ccc(F)cc1)c1cccs1. The first-order chi connectivity index (χ1) is 14.1. The van der Waals surface area contributed by atoms with Crippen LogP contribution in [0.3, 0.4) is 0 Å². The number of rotatable bonds is 8. The Hall–Kier alpha value is -2.57. The zero-order valence-corrected chi connectivity index (χ0v) is 16.7. The van der Waals surface area contributed by atoms with Crippen LogP contribution in [0.5, 0.6) is 0 Å². The topological polar surface area (TPSA) is 33.5 Å². The van der Waals surface area contributed by atoms with Gasteiger partial charge in [-0.15, -0.1) is 11.3 Å². The van der Waals surface area contributed by atoms with Gasteiger partial charge in [-0.3, -0.25) is 4.79 Å². The van der Waals surface area contributed by atoms with Gasteiger partial charge in [0.05, 0.1) is 12.1 Å². The van der Waals surface area contributed by atoms with E-state index in [2.05, 4.69) is 5.32 Å². The smallest absolute Gasteiger partial charge is 0.275 e. The number of carbonyl (C=O) groups is 1. The van der Waals surface area contributed by atoms with Crippen molar-refractivity contribution in [3.8, 4) is 0 Å². The Labute approximate surface area is 173 Å². The van der Waals surface area contributed by atoms with Crippen molar-refractivity contribution in [2.24, 2.45) is 0 Å². The quantitative estimate of drug-likeness (QED) is 0.583. The van der Waals surface area contributed by atoms with Crippen molar-refractivity contribution in [1.82, 2.24) is 5.32 Å². The Balaban J connectivity index is 1.48. The number of hydrogen-bond acceptors (Lipinski definition) is 2. The highest BCUT2D eigenvalue weighted by atomic mass is 32.1. The summed E-state index contributed by atoms with van der Waals surface area (Å²) in [6.07, 6.45) is 2.12. The minimum absolute atomic E-state index is 0.0917. The molecule has 6 heteroatoms. The molecule has 1 heterocycles. The minimum Gasteiger partial charge on any atom is -0.339 e. The van der Waals surface area contributed by atoms with Gasteiger partial charge < -0.3 is 10.2 Å². The van der Waals surface area contributed by atoms with Crippen LogP contribution in [0.15, 0.2) is 66.0 Å². The zero-order chi connectivity index (χ0) is 20.2. The molecule has 0 aliphatic heterocycles. The second-order valence-electron chi connectivity index (χ2n) is 7.44. The van der Waals surface area contributed by atoms with Crippen LogP contribution in [0, 0.1) is 11.6 Å². The summed E-state index contributed by atoms with van der Waals surface area (Å²) in [5.41, 5.74) is 1.47. The predicted molar refractivity (Wildman–Crippen MR) is 110 cm³/mol. The number of amides is 1. The molecule has 150 valence electrons. The van der Waals surface area contributed by atoms with E-state index in [0.29, 0.717) is 18.2 Å². The predicted octanol–water partition coefficient (Wildman–Crippen LogP) is 3.48. The highest BCUT2D eigenvalue weighted by Gasteiger charge is 2.35. The molecule has 1 aliphatic carbocycles. The van der Waals surface area contributed by atoms with Gasteiger partial charge in [0.1, 0.15) is 18.2 Å². The van der Waals surface area contributed by atoms with Crippen LogP contribution in [0.25, 0.3) is 0 Å². The van der Waals surface area contributed by atoms with E-state index >= 15 is 0 Å². The van der Waals surface area contributed by atoms with E-state index in [1.165, 1.54) is 18.2 Å². The molecule has 1 aromatic heterocycles. The molecule has 2 aromatic carbocycles. The van der Waals surface area contributed by atoms with Crippen LogP contribution in [-0.4, -0.2) is 18.5 Å². The van der Waals surface area contributed by atoms with Gasteiger partial charge >= 0.3 is 0 Å². The largest absolute Gasteiger partial charge is 0.339 e. The Morgan fingerprint density at radius 1 is 1.07 bits per heavy atom. The third-order valence-electron chi connectivity index (χ3n) is 5.25. The number of thiophene rings is 1. The molecule has 3 nitrogen and oxygen atoms in total. The fourth-order valence-electron chi connectivity index (χ4n) is 3.58. The van der Waals surface area contributed by atoms with E-state index in [9.17, 15) is 13.6 Å². The fraction of sp³-hybridized carbons (Fsp3) is 0.261. The maximum Gasteiger partial charge on any atom is 0.275 e.